The molecule has 0 saturated carbocycles. The van der Waals surface area contributed by atoms with Crippen LogP contribution in [0.25, 0.3) is 0 Å². The number of ether oxygens (including phenoxy) is 2. The molecule has 0 aliphatic carbocycles. The number of methoxy groups -OCH3 is 2. The maximum absolute atomic E-state index is 13.1. The predicted octanol–water partition coefficient (Wildman–Crippen LogP) is 3.80. The normalized spacial score (nSPS) is 16.1. The van der Waals surface area contributed by atoms with Crippen molar-refractivity contribution in [3.05, 3.63) is 59.4 Å². The molecule has 1 unspecified atom stereocenters. The molecule has 1 saturated heterocycles. The van der Waals surface area contributed by atoms with E-state index < -0.39 is 0 Å². The summed E-state index contributed by atoms with van der Waals surface area (Å²) in [6.07, 6.45) is 3.06. The van der Waals surface area contributed by atoms with E-state index in [0.717, 1.165) is 37.9 Å². The van der Waals surface area contributed by atoms with Gasteiger partial charge in [0.15, 0.2) is 11.5 Å². The minimum Gasteiger partial charge on any atom is -0.493 e. The Kier molecular flexibility index (Phi) is 7.69. The van der Waals surface area contributed by atoms with Crippen molar-refractivity contribution in [1.29, 1.82) is 0 Å². The van der Waals surface area contributed by atoms with E-state index in [-0.39, 0.29) is 17.8 Å². The summed E-state index contributed by atoms with van der Waals surface area (Å²) in [6, 6.07) is 12.3. The van der Waals surface area contributed by atoms with Crippen LogP contribution in [0.1, 0.15) is 30.9 Å². The zero-order valence-electron chi connectivity index (χ0n) is 18.0. The van der Waals surface area contributed by atoms with E-state index >= 15 is 0 Å². The highest BCUT2D eigenvalue weighted by Gasteiger charge is 2.26. The minimum atomic E-state index is -0.193. The van der Waals surface area contributed by atoms with Gasteiger partial charge in [-0.05, 0) is 80.6 Å². The quantitative estimate of drug-likeness (QED) is 0.714. The summed E-state index contributed by atoms with van der Waals surface area (Å²) < 4.78 is 23.6. The summed E-state index contributed by atoms with van der Waals surface area (Å²) in [5.41, 5.74) is 2.14. The molecule has 30 heavy (non-hydrogen) atoms. The van der Waals surface area contributed by atoms with Gasteiger partial charge < -0.3 is 14.8 Å². The summed E-state index contributed by atoms with van der Waals surface area (Å²) in [6.45, 7) is 4.21. The fraction of sp³-hybridized carbons (Fsp3) is 0.458. The fourth-order valence-corrected chi connectivity index (χ4v) is 3.99. The zero-order chi connectivity index (χ0) is 21.5. The summed E-state index contributed by atoms with van der Waals surface area (Å²) in [7, 11) is 3.20. The molecule has 1 heterocycles. The SMILES string of the molecule is COc1ccc(CNC(=O)C(C)N2CCC(Cc3ccc(F)cc3)CC2)cc1OC. The van der Waals surface area contributed by atoms with E-state index in [1.807, 2.05) is 37.3 Å². The average molecular weight is 415 g/mol. The van der Waals surface area contributed by atoms with Crippen LogP contribution in [-0.2, 0) is 17.8 Å². The Labute approximate surface area is 178 Å². The van der Waals surface area contributed by atoms with Crippen molar-refractivity contribution < 1.29 is 18.7 Å². The lowest BCUT2D eigenvalue weighted by Gasteiger charge is -2.35. The smallest absolute Gasteiger partial charge is 0.237 e. The van der Waals surface area contributed by atoms with E-state index in [2.05, 4.69) is 10.2 Å². The molecule has 5 nitrogen and oxygen atoms in total. The van der Waals surface area contributed by atoms with E-state index in [0.29, 0.717) is 24.0 Å². The van der Waals surface area contributed by atoms with Gasteiger partial charge in [0.1, 0.15) is 5.82 Å². The van der Waals surface area contributed by atoms with Gasteiger partial charge in [-0.25, -0.2) is 4.39 Å². The average Bonchev–Trinajstić information content (AvgIpc) is 2.78. The molecule has 2 aromatic carbocycles. The Morgan fingerprint density at radius 3 is 2.33 bits per heavy atom. The van der Waals surface area contributed by atoms with Gasteiger partial charge in [-0.1, -0.05) is 18.2 Å². The first-order chi connectivity index (χ1) is 14.5. The number of halogens is 1. The van der Waals surface area contributed by atoms with Crippen LogP contribution in [0.15, 0.2) is 42.5 Å². The molecule has 1 aliphatic heterocycles. The van der Waals surface area contributed by atoms with Crippen LogP contribution in [0.2, 0.25) is 0 Å². The number of carbonyl (C=O) groups excluding carboxylic acids is 1. The number of piperidine rings is 1. The second-order valence-electron chi connectivity index (χ2n) is 7.89. The number of nitrogens with one attached hydrogen (secondary N) is 1. The lowest BCUT2D eigenvalue weighted by molar-refractivity contribution is -0.126. The van der Waals surface area contributed by atoms with Crippen molar-refractivity contribution in [3.63, 3.8) is 0 Å². The van der Waals surface area contributed by atoms with Crippen molar-refractivity contribution in [2.45, 2.75) is 38.8 Å². The summed E-state index contributed by atoms with van der Waals surface area (Å²) in [4.78, 5) is 14.9. The largest absolute Gasteiger partial charge is 0.493 e. The molecule has 3 rings (SSSR count). The Morgan fingerprint density at radius 1 is 1.07 bits per heavy atom. The number of benzene rings is 2. The third-order valence-electron chi connectivity index (χ3n) is 5.93. The van der Waals surface area contributed by atoms with Gasteiger partial charge in [-0.2, -0.15) is 0 Å². The van der Waals surface area contributed by atoms with Crippen molar-refractivity contribution in [1.82, 2.24) is 10.2 Å². The Bertz CT molecular complexity index is 833. The lowest BCUT2D eigenvalue weighted by Crippen LogP contribution is -2.48. The van der Waals surface area contributed by atoms with Gasteiger partial charge in [0.05, 0.1) is 20.3 Å². The van der Waals surface area contributed by atoms with E-state index in [9.17, 15) is 9.18 Å². The molecule has 162 valence electrons. The topological polar surface area (TPSA) is 50.8 Å². The number of amides is 1. The van der Waals surface area contributed by atoms with Crippen LogP contribution < -0.4 is 14.8 Å². The highest BCUT2D eigenvalue weighted by atomic mass is 19.1. The molecule has 1 atom stereocenters. The van der Waals surface area contributed by atoms with Crippen molar-refractivity contribution in [2.24, 2.45) is 5.92 Å². The van der Waals surface area contributed by atoms with Crippen LogP contribution in [0.5, 0.6) is 11.5 Å². The monoisotopic (exact) mass is 414 g/mol. The molecule has 0 aromatic heterocycles. The van der Waals surface area contributed by atoms with Gasteiger partial charge in [0.2, 0.25) is 5.91 Å². The molecule has 0 radical (unpaired) electrons. The Balaban J connectivity index is 1.45. The van der Waals surface area contributed by atoms with Gasteiger partial charge in [0, 0.05) is 6.54 Å². The minimum absolute atomic E-state index is 0.0294. The summed E-state index contributed by atoms with van der Waals surface area (Å²) in [5.74, 6) is 1.74. The molecule has 1 fully saturated rings. The predicted molar refractivity (Wildman–Crippen MR) is 115 cm³/mol. The Morgan fingerprint density at radius 2 is 1.70 bits per heavy atom. The van der Waals surface area contributed by atoms with E-state index in [1.54, 1.807) is 14.2 Å². The third-order valence-corrected chi connectivity index (χ3v) is 5.93. The van der Waals surface area contributed by atoms with Crippen LogP contribution in [0, 0.1) is 11.7 Å². The molecular weight excluding hydrogens is 383 g/mol. The number of carbonyl (C=O) groups is 1. The second kappa shape index (κ2) is 10.4. The molecule has 1 N–H and O–H groups in total. The maximum Gasteiger partial charge on any atom is 0.237 e. The molecule has 1 amide bonds. The highest BCUT2D eigenvalue weighted by molar-refractivity contribution is 5.81. The number of hydrogen-bond acceptors (Lipinski definition) is 4. The van der Waals surface area contributed by atoms with E-state index in [4.69, 9.17) is 9.47 Å². The first-order valence-electron chi connectivity index (χ1n) is 10.5. The van der Waals surface area contributed by atoms with Crippen LogP contribution in [0.3, 0.4) is 0 Å². The number of rotatable bonds is 8. The summed E-state index contributed by atoms with van der Waals surface area (Å²) >= 11 is 0. The highest BCUT2D eigenvalue weighted by Crippen LogP contribution is 2.27. The standard InChI is InChI=1S/C24H31FN2O3/c1-17(24(28)26-16-20-6-9-22(29-2)23(15-20)30-3)27-12-10-19(11-13-27)14-18-4-7-21(25)8-5-18/h4-9,15,17,19H,10-14,16H2,1-3H3,(H,26,28). The van der Waals surface area contributed by atoms with Gasteiger partial charge in [-0.3, -0.25) is 9.69 Å². The summed E-state index contributed by atoms with van der Waals surface area (Å²) in [5, 5.41) is 3.03. The number of likely N-dealkylation sites (tertiary alicyclic amines) is 1. The van der Waals surface area contributed by atoms with Crippen molar-refractivity contribution >= 4 is 5.91 Å². The van der Waals surface area contributed by atoms with Gasteiger partial charge in [-0.15, -0.1) is 0 Å². The maximum atomic E-state index is 13.1. The fourth-order valence-electron chi connectivity index (χ4n) is 3.99. The Hall–Kier alpha value is -2.60. The lowest BCUT2D eigenvalue weighted by atomic mass is 9.89. The number of nitrogens with zero attached hydrogens (tertiary/aromatic N) is 1. The second-order valence-corrected chi connectivity index (χ2v) is 7.89. The molecule has 0 bridgehead atoms. The third kappa shape index (κ3) is 5.72. The van der Waals surface area contributed by atoms with Crippen molar-refractivity contribution in [3.8, 4) is 11.5 Å². The first-order valence-corrected chi connectivity index (χ1v) is 10.5. The van der Waals surface area contributed by atoms with Crippen molar-refractivity contribution in [2.75, 3.05) is 27.3 Å². The van der Waals surface area contributed by atoms with E-state index in [1.165, 1.54) is 17.7 Å². The zero-order valence-corrected chi connectivity index (χ0v) is 18.0. The first kappa shape index (κ1) is 22.1. The molecular formula is C24H31FN2O3. The number of hydrogen-bond donors (Lipinski definition) is 1. The van der Waals surface area contributed by atoms with Crippen LogP contribution >= 0.6 is 0 Å². The van der Waals surface area contributed by atoms with Crippen LogP contribution in [0.4, 0.5) is 4.39 Å². The van der Waals surface area contributed by atoms with Gasteiger partial charge in [0.25, 0.3) is 0 Å². The molecule has 6 heteroatoms. The molecule has 2 aromatic rings. The molecule has 1 aliphatic rings. The van der Waals surface area contributed by atoms with Gasteiger partial charge >= 0.3 is 0 Å². The molecule has 0 spiro atoms. The van der Waals surface area contributed by atoms with Crippen LogP contribution in [-0.4, -0.2) is 44.2 Å².